The molecule has 0 radical (unpaired) electrons. The van der Waals surface area contributed by atoms with Crippen molar-refractivity contribution in [2.24, 2.45) is 0 Å². The molecule has 1 aromatic carbocycles. The van der Waals surface area contributed by atoms with E-state index in [2.05, 4.69) is 48.5 Å². The van der Waals surface area contributed by atoms with E-state index in [1.165, 1.54) is 12.0 Å². The van der Waals surface area contributed by atoms with Crippen molar-refractivity contribution in [2.45, 2.75) is 32.2 Å². The van der Waals surface area contributed by atoms with Gasteiger partial charge in [-0.3, -0.25) is 0 Å². The number of nitrogens with one attached hydrogen (secondary N) is 1. The molecule has 1 nitrogen and oxygen atoms in total. The van der Waals surface area contributed by atoms with Gasteiger partial charge in [0.15, 0.2) is 0 Å². The summed E-state index contributed by atoms with van der Waals surface area (Å²) in [7, 11) is 0. The van der Waals surface area contributed by atoms with E-state index in [4.69, 9.17) is 6.42 Å². The van der Waals surface area contributed by atoms with Crippen LogP contribution in [0.5, 0.6) is 0 Å². The zero-order valence-corrected chi connectivity index (χ0v) is 9.37. The van der Waals surface area contributed by atoms with Gasteiger partial charge in [0.1, 0.15) is 0 Å². The van der Waals surface area contributed by atoms with Crippen molar-refractivity contribution < 1.29 is 0 Å². The summed E-state index contributed by atoms with van der Waals surface area (Å²) in [6.07, 6.45) is 8.35. The van der Waals surface area contributed by atoms with Gasteiger partial charge in [0, 0.05) is 12.5 Å². The van der Waals surface area contributed by atoms with E-state index in [-0.39, 0.29) is 0 Å². The lowest BCUT2D eigenvalue weighted by molar-refractivity contribution is 0.546. The lowest BCUT2D eigenvalue weighted by atomic mass is 10.1. The van der Waals surface area contributed by atoms with Gasteiger partial charge >= 0.3 is 0 Å². The van der Waals surface area contributed by atoms with Gasteiger partial charge in [-0.05, 0) is 31.9 Å². The predicted octanol–water partition coefficient (Wildman–Crippen LogP) is 2.62. The summed E-state index contributed by atoms with van der Waals surface area (Å²) in [5.74, 6) is 2.66. The van der Waals surface area contributed by atoms with Gasteiger partial charge in [0.05, 0.1) is 0 Å². The van der Waals surface area contributed by atoms with Crippen molar-refractivity contribution in [1.82, 2.24) is 5.32 Å². The molecule has 0 heterocycles. The van der Waals surface area contributed by atoms with Crippen molar-refractivity contribution in [3.05, 3.63) is 35.9 Å². The first kappa shape index (κ1) is 11.8. The molecule has 0 aliphatic heterocycles. The maximum atomic E-state index is 5.23. The van der Waals surface area contributed by atoms with Crippen LogP contribution in [-0.2, 0) is 6.42 Å². The highest BCUT2D eigenvalue weighted by atomic mass is 14.9. The van der Waals surface area contributed by atoms with Crippen LogP contribution >= 0.6 is 0 Å². The molecule has 0 spiro atoms. The van der Waals surface area contributed by atoms with Crippen molar-refractivity contribution in [3.63, 3.8) is 0 Å². The van der Waals surface area contributed by atoms with Crippen LogP contribution in [0.25, 0.3) is 0 Å². The third kappa shape index (κ3) is 5.24. The van der Waals surface area contributed by atoms with Crippen LogP contribution in [0.4, 0.5) is 0 Å². The fourth-order valence-electron chi connectivity index (χ4n) is 1.53. The minimum atomic E-state index is 0.436. The fraction of sp³-hybridized carbons (Fsp3) is 0.429. The minimum Gasteiger partial charge on any atom is -0.313 e. The standard InChI is InChI=1S/C14H19N/c1-3-8-13(2)15-12-7-11-14-9-5-4-6-10-14/h1,4-6,9-10,13,15H,7-8,11-12H2,2H3. The van der Waals surface area contributed by atoms with Gasteiger partial charge in [0.2, 0.25) is 0 Å². The van der Waals surface area contributed by atoms with Crippen molar-refractivity contribution >= 4 is 0 Å². The van der Waals surface area contributed by atoms with Gasteiger partial charge in [-0.1, -0.05) is 30.3 Å². The largest absolute Gasteiger partial charge is 0.313 e. The number of rotatable bonds is 6. The summed E-state index contributed by atoms with van der Waals surface area (Å²) in [4.78, 5) is 0. The molecule has 0 amide bonds. The van der Waals surface area contributed by atoms with E-state index < -0.39 is 0 Å². The van der Waals surface area contributed by atoms with E-state index >= 15 is 0 Å². The molecule has 0 fully saturated rings. The quantitative estimate of drug-likeness (QED) is 0.551. The van der Waals surface area contributed by atoms with Crippen LogP contribution in [0.3, 0.4) is 0 Å². The molecule has 1 atom stereocenters. The van der Waals surface area contributed by atoms with Gasteiger partial charge < -0.3 is 5.32 Å². The van der Waals surface area contributed by atoms with Crippen LogP contribution in [0.2, 0.25) is 0 Å². The van der Waals surface area contributed by atoms with Gasteiger partial charge in [-0.25, -0.2) is 0 Å². The smallest absolute Gasteiger partial charge is 0.0238 e. The third-order valence-corrected chi connectivity index (χ3v) is 2.40. The highest BCUT2D eigenvalue weighted by molar-refractivity contribution is 5.14. The molecule has 1 rings (SSSR count). The first-order chi connectivity index (χ1) is 7.33. The second kappa shape index (κ2) is 7.09. The van der Waals surface area contributed by atoms with Crippen molar-refractivity contribution in [3.8, 4) is 12.3 Å². The van der Waals surface area contributed by atoms with E-state index in [1.54, 1.807) is 0 Å². The van der Waals surface area contributed by atoms with Crippen LogP contribution in [0.15, 0.2) is 30.3 Å². The minimum absolute atomic E-state index is 0.436. The molecule has 80 valence electrons. The van der Waals surface area contributed by atoms with Crippen molar-refractivity contribution in [1.29, 1.82) is 0 Å². The molecule has 0 saturated heterocycles. The maximum absolute atomic E-state index is 5.23. The first-order valence-corrected chi connectivity index (χ1v) is 5.53. The lowest BCUT2D eigenvalue weighted by Crippen LogP contribution is -2.26. The van der Waals surface area contributed by atoms with E-state index in [0.29, 0.717) is 6.04 Å². The average Bonchev–Trinajstić information content (AvgIpc) is 2.26. The fourth-order valence-corrected chi connectivity index (χ4v) is 1.53. The summed E-state index contributed by atoms with van der Waals surface area (Å²) < 4.78 is 0. The van der Waals surface area contributed by atoms with Crippen molar-refractivity contribution in [2.75, 3.05) is 6.54 Å². The van der Waals surface area contributed by atoms with E-state index in [1.807, 2.05) is 0 Å². The molecule has 1 heteroatoms. The molecule has 1 unspecified atom stereocenters. The summed E-state index contributed by atoms with van der Waals surface area (Å²) in [5.41, 5.74) is 1.41. The topological polar surface area (TPSA) is 12.0 Å². The predicted molar refractivity (Wildman–Crippen MR) is 65.7 cm³/mol. The third-order valence-electron chi connectivity index (χ3n) is 2.40. The van der Waals surface area contributed by atoms with Gasteiger partial charge in [-0.2, -0.15) is 0 Å². The zero-order valence-electron chi connectivity index (χ0n) is 9.37. The molecule has 0 aliphatic carbocycles. The van der Waals surface area contributed by atoms with Crippen LogP contribution in [-0.4, -0.2) is 12.6 Å². The molecule has 0 aliphatic rings. The van der Waals surface area contributed by atoms with Crippen LogP contribution in [0.1, 0.15) is 25.3 Å². The summed E-state index contributed by atoms with van der Waals surface area (Å²) in [6, 6.07) is 11.0. The summed E-state index contributed by atoms with van der Waals surface area (Å²) in [5, 5.41) is 3.41. The second-order valence-corrected chi connectivity index (χ2v) is 3.85. The molecular formula is C14H19N. The Balaban J connectivity index is 2.10. The monoisotopic (exact) mass is 201 g/mol. The van der Waals surface area contributed by atoms with E-state index in [9.17, 15) is 0 Å². The second-order valence-electron chi connectivity index (χ2n) is 3.85. The molecule has 1 N–H and O–H groups in total. The number of hydrogen-bond acceptors (Lipinski definition) is 1. The average molecular weight is 201 g/mol. The van der Waals surface area contributed by atoms with Crippen LogP contribution in [0, 0.1) is 12.3 Å². The Bertz CT molecular complexity index is 297. The molecule has 0 bridgehead atoms. The number of terminal acetylenes is 1. The Kier molecular flexibility index (Phi) is 5.58. The Morgan fingerprint density at radius 1 is 1.33 bits per heavy atom. The summed E-state index contributed by atoms with van der Waals surface area (Å²) >= 11 is 0. The van der Waals surface area contributed by atoms with Gasteiger partial charge in [0.25, 0.3) is 0 Å². The first-order valence-electron chi connectivity index (χ1n) is 5.53. The molecular weight excluding hydrogens is 182 g/mol. The summed E-state index contributed by atoms with van der Waals surface area (Å²) in [6.45, 7) is 3.17. The molecule has 0 aromatic heterocycles. The highest BCUT2D eigenvalue weighted by Crippen LogP contribution is 2.01. The molecule has 1 aromatic rings. The van der Waals surface area contributed by atoms with Gasteiger partial charge in [-0.15, -0.1) is 12.3 Å². The number of hydrogen-bond donors (Lipinski definition) is 1. The normalized spacial score (nSPS) is 12.0. The van der Waals surface area contributed by atoms with E-state index in [0.717, 1.165) is 19.4 Å². The Morgan fingerprint density at radius 3 is 2.73 bits per heavy atom. The van der Waals surface area contributed by atoms with Crippen LogP contribution < -0.4 is 5.32 Å². The SMILES string of the molecule is C#CCC(C)NCCCc1ccccc1. The Labute approximate surface area is 92.9 Å². The number of benzene rings is 1. The Hall–Kier alpha value is -1.26. The molecule has 15 heavy (non-hydrogen) atoms. The maximum Gasteiger partial charge on any atom is 0.0238 e. The Morgan fingerprint density at radius 2 is 2.07 bits per heavy atom. The zero-order chi connectivity index (χ0) is 10.9. The number of aryl methyl sites for hydroxylation is 1. The highest BCUT2D eigenvalue weighted by Gasteiger charge is 1.97. The molecule has 0 saturated carbocycles. The lowest BCUT2D eigenvalue weighted by Gasteiger charge is -2.10.